The summed E-state index contributed by atoms with van der Waals surface area (Å²) < 4.78 is 5.38. The summed E-state index contributed by atoms with van der Waals surface area (Å²) in [5.74, 6) is 1.83. The molecule has 0 aliphatic heterocycles. The number of esters is 1. The van der Waals surface area contributed by atoms with Crippen LogP contribution in [0.25, 0.3) is 0 Å². The number of hydrogen-bond acceptors (Lipinski definition) is 3. The molecule has 0 aliphatic carbocycles. The van der Waals surface area contributed by atoms with Crippen molar-refractivity contribution in [2.24, 2.45) is 17.8 Å². The van der Waals surface area contributed by atoms with Crippen molar-refractivity contribution in [3.63, 3.8) is 0 Å². The van der Waals surface area contributed by atoms with Crippen molar-refractivity contribution < 1.29 is 9.53 Å². The molecule has 1 unspecified atom stereocenters. The second kappa shape index (κ2) is 15.5. The second-order valence-electron chi connectivity index (χ2n) is 8.96. The Hall–Kier alpha value is -0.570. The molecular formula is C23H47NO2. The summed E-state index contributed by atoms with van der Waals surface area (Å²) in [6.45, 7) is 17.9. The molecular weight excluding hydrogens is 322 g/mol. The Labute approximate surface area is 164 Å². The average Bonchev–Trinajstić information content (AvgIpc) is 2.53. The lowest BCUT2D eigenvalue weighted by Crippen LogP contribution is -2.46. The van der Waals surface area contributed by atoms with Crippen molar-refractivity contribution >= 4 is 5.97 Å². The van der Waals surface area contributed by atoms with Crippen LogP contribution in [0.2, 0.25) is 0 Å². The molecule has 0 heterocycles. The normalized spacial score (nSPS) is 13.2. The molecule has 0 N–H and O–H groups in total. The highest BCUT2D eigenvalue weighted by molar-refractivity contribution is 5.76. The van der Waals surface area contributed by atoms with Crippen LogP contribution in [-0.4, -0.2) is 36.6 Å². The van der Waals surface area contributed by atoms with E-state index in [9.17, 15) is 4.79 Å². The fourth-order valence-electron chi connectivity index (χ4n) is 3.55. The van der Waals surface area contributed by atoms with Gasteiger partial charge in [0.15, 0.2) is 0 Å². The van der Waals surface area contributed by atoms with E-state index in [0.29, 0.717) is 12.5 Å². The van der Waals surface area contributed by atoms with E-state index in [1.165, 1.54) is 51.4 Å². The van der Waals surface area contributed by atoms with Gasteiger partial charge in [-0.3, -0.25) is 9.69 Å². The van der Waals surface area contributed by atoms with Crippen molar-refractivity contribution in [3.8, 4) is 0 Å². The van der Waals surface area contributed by atoms with Crippen LogP contribution in [0.4, 0.5) is 0 Å². The predicted molar refractivity (Wildman–Crippen MR) is 113 cm³/mol. The minimum absolute atomic E-state index is 0.0353. The Bertz CT molecular complexity index is 321. The van der Waals surface area contributed by atoms with Crippen LogP contribution in [0.3, 0.4) is 0 Å². The third kappa shape index (κ3) is 12.7. The Kier molecular flexibility index (Phi) is 15.1. The quantitative estimate of drug-likeness (QED) is 0.236. The maximum absolute atomic E-state index is 12.5. The lowest BCUT2D eigenvalue weighted by atomic mass is 10.00. The summed E-state index contributed by atoms with van der Waals surface area (Å²) in [5, 5.41) is 0. The number of unbranched alkanes of at least 4 members (excludes halogenated alkanes) is 4. The molecule has 0 aromatic carbocycles. The molecule has 156 valence electrons. The molecule has 0 aromatic rings. The van der Waals surface area contributed by atoms with Crippen molar-refractivity contribution in [1.29, 1.82) is 0 Å². The number of ether oxygens (including phenoxy) is 1. The topological polar surface area (TPSA) is 29.5 Å². The van der Waals surface area contributed by atoms with Crippen LogP contribution in [0.1, 0.15) is 99.8 Å². The van der Waals surface area contributed by atoms with E-state index in [-0.39, 0.29) is 12.0 Å². The summed E-state index contributed by atoms with van der Waals surface area (Å²) in [6, 6.07) is -0.0925. The van der Waals surface area contributed by atoms with Gasteiger partial charge in [0, 0.05) is 0 Å². The van der Waals surface area contributed by atoms with E-state index in [1.807, 2.05) is 6.92 Å². The number of hydrogen-bond donors (Lipinski definition) is 0. The fraction of sp³-hybridized carbons (Fsp3) is 0.957. The SMILES string of the molecule is CCOC(=O)C(C(C)C)N(CCCCCC(C)C)CCCCCC(C)C. The maximum Gasteiger partial charge on any atom is 0.323 e. The molecule has 0 bridgehead atoms. The van der Waals surface area contributed by atoms with E-state index in [1.54, 1.807) is 0 Å². The predicted octanol–water partition coefficient (Wildman–Crippen LogP) is 6.31. The Balaban J connectivity index is 4.59. The zero-order valence-electron chi connectivity index (χ0n) is 18.9. The summed E-state index contributed by atoms with van der Waals surface area (Å²) in [5.41, 5.74) is 0. The van der Waals surface area contributed by atoms with Gasteiger partial charge in [0.05, 0.1) is 6.61 Å². The van der Waals surface area contributed by atoms with Crippen LogP contribution >= 0.6 is 0 Å². The summed E-state index contributed by atoms with van der Waals surface area (Å²) in [6.07, 6.45) is 10.1. The van der Waals surface area contributed by atoms with Gasteiger partial charge < -0.3 is 4.74 Å². The molecule has 0 radical (unpaired) electrons. The lowest BCUT2D eigenvalue weighted by molar-refractivity contribution is -0.151. The largest absolute Gasteiger partial charge is 0.465 e. The first-order valence-electron chi connectivity index (χ1n) is 11.2. The van der Waals surface area contributed by atoms with Gasteiger partial charge in [0.25, 0.3) is 0 Å². The average molecular weight is 370 g/mol. The smallest absolute Gasteiger partial charge is 0.323 e. The molecule has 0 aliphatic rings. The summed E-state index contributed by atoms with van der Waals surface area (Å²) in [4.78, 5) is 14.9. The Morgan fingerprint density at radius 3 is 1.58 bits per heavy atom. The van der Waals surface area contributed by atoms with Crippen LogP contribution in [-0.2, 0) is 9.53 Å². The minimum atomic E-state index is -0.0925. The Morgan fingerprint density at radius 1 is 0.769 bits per heavy atom. The molecule has 3 heteroatoms. The van der Waals surface area contributed by atoms with Crippen molar-refractivity contribution in [2.75, 3.05) is 19.7 Å². The molecule has 0 aromatic heterocycles. The van der Waals surface area contributed by atoms with Crippen LogP contribution < -0.4 is 0 Å². The van der Waals surface area contributed by atoms with Gasteiger partial charge in [0.2, 0.25) is 0 Å². The van der Waals surface area contributed by atoms with E-state index in [0.717, 1.165) is 24.9 Å². The van der Waals surface area contributed by atoms with Gasteiger partial charge in [-0.2, -0.15) is 0 Å². The summed E-state index contributed by atoms with van der Waals surface area (Å²) >= 11 is 0. The highest BCUT2D eigenvalue weighted by Gasteiger charge is 2.29. The van der Waals surface area contributed by atoms with E-state index >= 15 is 0 Å². The first kappa shape index (κ1) is 25.4. The molecule has 0 saturated carbocycles. The zero-order valence-corrected chi connectivity index (χ0v) is 18.9. The van der Waals surface area contributed by atoms with E-state index in [2.05, 4.69) is 46.4 Å². The number of carbonyl (C=O) groups excluding carboxylic acids is 1. The van der Waals surface area contributed by atoms with Crippen LogP contribution in [0, 0.1) is 17.8 Å². The maximum atomic E-state index is 12.5. The number of rotatable bonds is 16. The number of nitrogens with zero attached hydrogens (tertiary/aromatic N) is 1. The first-order valence-corrected chi connectivity index (χ1v) is 11.2. The Morgan fingerprint density at radius 2 is 1.23 bits per heavy atom. The first-order chi connectivity index (χ1) is 12.3. The standard InChI is InChI=1S/C23H47NO2/c1-8-26-23(25)22(21(6)7)24(17-13-9-11-15-19(2)3)18-14-10-12-16-20(4)5/h19-22H,8-18H2,1-7H3. The summed E-state index contributed by atoms with van der Waals surface area (Å²) in [7, 11) is 0. The van der Waals surface area contributed by atoms with Gasteiger partial charge in [-0.1, -0.05) is 80.1 Å². The van der Waals surface area contributed by atoms with Gasteiger partial charge in [-0.25, -0.2) is 0 Å². The second-order valence-corrected chi connectivity index (χ2v) is 8.96. The molecule has 0 spiro atoms. The molecule has 0 saturated heterocycles. The van der Waals surface area contributed by atoms with E-state index in [4.69, 9.17) is 4.74 Å². The van der Waals surface area contributed by atoms with Crippen molar-refractivity contribution in [2.45, 2.75) is 106 Å². The lowest BCUT2D eigenvalue weighted by Gasteiger charge is -2.32. The fourth-order valence-corrected chi connectivity index (χ4v) is 3.55. The molecule has 0 amide bonds. The van der Waals surface area contributed by atoms with Gasteiger partial charge in [-0.05, 0) is 50.6 Å². The molecule has 26 heavy (non-hydrogen) atoms. The van der Waals surface area contributed by atoms with Gasteiger partial charge >= 0.3 is 5.97 Å². The van der Waals surface area contributed by atoms with Gasteiger partial charge in [-0.15, -0.1) is 0 Å². The van der Waals surface area contributed by atoms with Crippen LogP contribution in [0.5, 0.6) is 0 Å². The third-order valence-electron chi connectivity index (χ3n) is 5.01. The monoisotopic (exact) mass is 369 g/mol. The third-order valence-corrected chi connectivity index (χ3v) is 5.01. The van der Waals surface area contributed by atoms with Crippen molar-refractivity contribution in [3.05, 3.63) is 0 Å². The van der Waals surface area contributed by atoms with Crippen molar-refractivity contribution in [1.82, 2.24) is 4.90 Å². The molecule has 3 nitrogen and oxygen atoms in total. The highest BCUT2D eigenvalue weighted by Crippen LogP contribution is 2.17. The molecule has 1 atom stereocenters. The zero-order chi connectivity index (χ0) is 19.9. The molecule has 0 fully saturated rings. The highest BCUT2D eigenvalue weighted by atomic mass is 16.5. The van der Waals surface area contributed by atoms with E-state index < -0.39 is 0 Å². The minimum Gasteiger partial charge on any atom is -0.465 e. The molecule has 0 rings (SSSR count). The van der Waals surface area contributed by atoms with Crippen LogP contribution in [0.15, 0.2) is 0 Å². The number of carbonyl (C=O) groups is 1. The van der Waals surface area contributed by atoms with Gasteiger partial charge in [0.1, 0.15) is 6.04 Å².